The number of anilines is 1. The predicted octanol–water partition coefficient (Wildman–Crippen LogP) is 1.91. The minimum atomic E-state index is 0.544. The molecule has 1 rings (SSSR count). The van der Waals surface area contributed by atoms with Gasteiger partial charge in [-0.05, 0) is 25.0 Å². The number of nitrogens with two attached hydrogens (primary N) is 1. The quantitative estimate of drug-likeness (QED) is 0.787. The number of methoxy groups -OCH3 is 1. The Labute approximate surface area is 104 Å². The fraction of sp³-hybridized carbons (Fsp3) is 0.615. The first-order chi connectivity index (χ1) is 8.17. The maximum absolute atomic E-state index is 5.58. The molecule has 96 valence electrons. The fourth-order valence-corrected chi connectivity index (χ4v) is 1.69. The SMILES string of the molecule is CCC(C)N(CCOC)Cc1ccc(N)nc1. The van der Waals surface area contributed by atoms with Gasteiger partial charge in [0, 0.05) is 32.4 Å². The van der Waals surface area contributed by atoms with E-state index in [1.165, 1.54) is 5.56 Å². The van der Waals surface area contributed by atoms with E-state index in [9.17, 15) is 0 Å². The van der Waals surface area contributed by atoms with E-state index in [0.717, 1.165) is 26.1 Å². The van der Waals surface area contributed by atoms with E-state index in [2.05, 4.69) is 23.7 Å². The number of pyridine rings is 1. The summed E-state index contributed by atoms with van der Waals surface area (Å²) in [6.45, 7) is 7.03. The lowest BCUT2D eigenvalue weighted by Gasteiger charge is -2.28. The molecule has 1 heterocycles. The van der Waals surface area contributed by atoms with Crippen molar-refractivity contribution in [3.05, 3.63) is 23.9 Å². The highest BCUT2D eigenvalue weighted by Crippen LogP contribution is 2.10. The molecule has 0 aliphatic rings. The van der Waals surface area contributed by atoms with E-state index in [1.807, 2.05) is 18.3 Å². The molecule has 0 saturated heterocycles. The molecular formula is C13H23N3O. The summed E-state index contributed by atoms with van der Waals surface area (Å²) in [4.78, 5) is 6.52. The smallest absolute Gasteiger partial charge is 0.123 e. The molecule has 4 nitrogen and oxygen atoms in total. The molecule has 0 bridgehead atoms. The molecule has 0 radical (unpaired) electrons. The zero-order valence-corrected chi connectivity index (χ0v) is 11.0. The van der Waals surface area contributed by atoms with Crippen LogP contribution in [0.1, 0.15) is 25.8 Å². The van der Waals surface area contributed by atoms with Crippen LogP contribution in [0, 0.1) is 0 Å². The molecular weight excluding hydrogens is 214 g/mol. The van der Waals surface area contributed by atoms with Crippen LogP contribution in [0.25, 0.3) is 0 Å². The van der Waals surface area contributed by atoms with Crippen LogP contribution in [-0.2, 0) is 11.3 Å². The van der Waals surface area contributed by atoms with Gasteiger partial charge in [0.25, 0.3) is 0 Å². The summed E-state index contributed by atoms with van der Waals surface area (Å²) >= 11 is 0. The Bertz CT molecular complexity index is 313. The number of aromatic nitrogens is 1. The first kappa shape index (κ1) is 13.9. The standard InChI is InChI=1S/C13H23N3O/c1-4-11(2)16(7-8-17-3)10-12-5-6-13(14)15-9-12/h5-6,9,11H,4,7-8,10H2,1-3H3,(H2,14,15). The third kappa shape index (κ3) is 4.71. The summed E-state index contributed by atoms with van der Waals surface area (Å²) in [6, 6.07) is 4.42. The number of nitrogens with zero attached hydrogens (tertiary/aromatic N) is 2. The van der Waals surface area contributed by atoms with Gasteiger partial charge >= 0.3 is 0 Å². The van der Waals surface area contributed by atoms with Crippen molar-refractivity contribution in [1.29, 1.82) is 0 Å². The number of nitrogen functional groups attached to an aromatic ring is 1. The second-order valence-corrected chi connectivity index (χ2v) is 4.31. The largest absolute Gasteiger partial charge is 0.384 e. The van der Waals surface area contributed by atoms with Crippen LogP contribution < -0.4 is 5.73 Å². The average Bonchev–Trinajstić information content (AvgIpc) is 2.36. The van der Waals surface area contributed by atoms with Crippen molar-refractivity contribution in [3.8, 4) is 0 Å². The van der Waals surface area contributed by atoms with Crippen LogP contribution in [-0.4, -0.2) is 36.2 Å². The highest BCUT2D eigenvalue weighted by molar-refractivity contribution is 5.29. The molecule has 1 aromatic rings. The molecule has 2 N–H and O–H groups in total. The summed E-state index contributed by atoms with van der Waals surface area (Å²) in [5.74, 6) is 0.570. The van der Waals surface area contributed by atoms with Gasteiger partial charge in [0.1, 0.15) is 5.82 Å². The number of hydrogen-bond acceptors (Lipinski definition) is 4. The Morgan fingerprint density at radius 3 is 2.76 bits per heavy atom. The molecule has 0 fully saturated rings. The Hall–Kier alpha value is -1.13. The minimum Gasteiger partial charge on any atom is -0.384 e. The van der Waals surface area contributed by atoms with Crippen molar-refractivity contribution in [2.45, 2.75) is 32.9 Å². The average molecular weight is 237 g/mol. The van der Waals surface area contributed by atoms with Crippen molar-refractivity contribution in [1.82, 2.24) is 9.88 Å². The lowest BCUT2D eigenvalue weighted by atomic mass is 10.2. The van der Waals surface area contributed by atoms with Gasteiger partial charge < -0.3 is 10.5 Å². The van der Waals surface area contributed by atoms with Gasteiger partial charge in [-0.2, -0.15) is 0 Å². The van der Waals surface area contributed by atoms with Crippen LogP contribution in [0.5, 0.6) is 0 Å². The van der Waals surface area contributed by atoms with E-state index in [-0.39, 0.29) is 0 Å². The first-order valence-electron chi connectivity index (χ1n) is 6.10. The van der Waals surface area contributed by atoms with Crippen molar-refractivity contribution in [2.75, 3.05) is 26.0 Å². The number of ether oxygens (including phenoxy) is 1. The third-order valence-corrected chi connectivity index (χ3v) is 3.03. The molecule has 0 aliphatic carbocycles. The van der Waals surface area contributed by atoms with Crippen molar-refractivity contribution >= 4 is 5.82 Å². The Morgan fingerprint density at radius 1 is 1.47 bits per heavy atom. The lowest BCUT2D eigenvalue weighted by molar-refractivity contribution is 0.118. The Morgan fingerprint density at radius 2 is 2.24 bits per heavy atom. The van der Waals surface area contributed by atoms with Gasteiger partial charge in [0.2, 0.25) is 0 Å². The van der Waals surface area contributed by atoms with Gasteiger partial charge in [0.15, 0.2) is 0 Å². The minimum absolute atomic E-state index is 0.544. The third-order valence-electron chi connectivity index (χ3n) is 3.03. The molecule has 1 aromatic heterocycles. The molecule has 0 amide bonds. The number of hydrogen-bond donors (Lipinski definition) is 1. The van der Waals surface area contributed by atoms with Gasteiger partial charge in [-0.25, -0.2) is 4.98 Å². The monoisotopic (exact) mass is 237 g/mol. The molecule has 17 heavy (non-hydrogen) atoms. The van der Waals surface area contributed by atoms with Crippen molar-refractivity contribution in [2.24, 2.45) is 0 Å². The summed E-state index contributed by atoms with van der Waals surface area (Å²) in [7, 11) is 1.74. The highest BCUT2D eigenvalue weighted by Gasteiger charge is 2.12. The summed E-state index contributed by atoms with van der Waals surface area (Å²) in [5, 5.41) is 0. The van der Waals surface area contributed by atoms with Crippen molar-refractivity contribution in [3.63, 3.8) is 0 Å². The molecule has 1 unspecified atom stereocenters. The Balaban J connectivity index is 2.61. The predicted molar refractivity (Wildman–Crippen MR) is 70.7 cm³/mol. The maximum Gasteiger partial charge on any atom is 0.123 e. The van der Waals surface area contributed by atoms with E-state index in [0.29, 0.717) is 11.9 Å². The van der Waals surface area contributed by atoms with Crippen LogP contribution in [0.3, 0.4) is 0 Å². The van der Waals surface area contributed by atoms with Crippen LogP contribution in [0.2, 0.25) is 0 Å². The van der Waals surface area contributed by atoms with E-state index < -0.39 is 0 Å². The van der Waals surface area contributed by atoms with E-state index in [1.54, 1.807) is 7.11 Å². The van der Waals surface area contributed by atoms with Gasteiger partial charge in [0.05, 0.1) is 6.61 Å². The first-order valence-corrected chi connectivity index (χ1v) is 6.10. The zero-order chi connectivity index (χ0) is 12.7. The molecule has 0 aromatic carbocycles. The van der Waals surface area contributed by atoms with Crippen LogP contribution >= 0.6 is 0 Å². The fourth-order valence-electron chi connectivity index (χ4n) is 1.69. The Kier molecular flexibility index (Phi) is 5.94. The molecule has 0 saturated carbocycles. The second-order valence-electron chi connectivity index (χ2n) is 4.31. The van der Waals surface area contributed by atoms with Crippen LogP contribution in [0.15, 0.2) is 18.3 Å². The zero-order valence-electron chi connectivity index (χ0n) is 11.0. The normalized spacial score (nSPS) is 12.9. The molecule has 0 spiro atoms. The summed E-state index contributed by atoms with van der Waals surface area (Å²) in [5.41, 5.74) is 6.77. The van der Waals surface area contributed by atoms with E-state index in [4.69, 9.17) is 10.5 Å². The topological polar surface area (TPSA) is 51.4 Å². The molecule has 0 aliphatic heterocycles. The molecule has 1 atom stereocenters. The summed E-state index contributed by atoms with van der Waals surface area (Å²) < 4.78 is 5.15. The summed E-state index contributed by atoms with van der Waals surface area (Å²) in [6.07, 6.45) is 2.98. The van der Waals surface area contributed by atoms with Crippen LogP contribution in [0.4, 0.5) is 5.82 Å². The number of rotatable bonds is 7. The maximum atomic E-state index is 5.58. The second kappa shape index (κ2) is 7.25. The van der Waals surface area contributed by atoms with Crippen molar-refractivity contribution < 1.29 is 4.74 Å². The highest BCUT2D eigenvalue weighted by atomic mass is 16.5. The molecule has 4 heteroatoms. The van der Waals surface area contributed by atoms with Gasteiger partial charge in [-0.3, -0.25) is 4.90 Å². The van der Waals surface area contributed by atoms with Gasteiger partial charge in [-0.1, -0.05) is 13.0 Å². The van der Waals surface area contributed by atoms with Gasteiger partial charge in [-0.15, -0.1) is 0 Å². The van der Waals surface area contributed by atoms with E-state index >= 15 is 0 Å². The lowest BCUT2D eigenvalue weighted by Crippen LogP contribution is -2.34.